The van der Waals surface area contributed by atoms with E-state index >= 15 is 0 Å². The number of benzene rings is 1. The van der Waals surface area contributed by atoms with Crippen molar-refractivity contribution >= 4 is 23.3 Å². The van der Waals surface area contributed by atoms with E-state index < -0.39 is 0 Å². The third kappa shape index (κ3) is 4.58. The van der Waals surface area contributed by atoms with Gasteiger partial charge in [0.05, 0.1) is 12.8 Å². The predicted molar refractivity (Wildman–Crippen MR) is 95.4 cm³/mol. The quantitative estimate of drug-likeness (QED) is 0.705. The largest absolute Gasteiger partial charge is 0.467 e. The van der Waals surface area contributed by atoms with E-state index in [1.807, 2.05) is 24.3 Å². The molecule has 0 spiro atoms. The summed E-state index contributed by atoms with van der Waals surface area (Å²) in [6.45, 7) is 2.55. The standard InChI is InChI=1S/C18H17ClN4O2/c1-12-22-16(18(24)21-11-14-6-4-8-25-14)9-17(23-12)20-10-13-5-2-3-7-15(13)19/h2-9H,10-11H2,1H3,(H,21,24)(H,20,22,23). The van der Waals surface area contributed by atoms with Crippen LogP contribution in [0, 0.1) is 6.92 Å². The molecule has 0 aliphatic rings. The number of hydrogen-bond acceptors (Lipinski definition) is 5. The average Bonchev–Trinajstić information content (AvgIpc) is 3.12. The lowest BCUT2D eigenvalue weighted by atomic mass is 10.2. The van der Waals surface area contributed by atoms with Crippen molar-refractivity contribution in [1.82, 2.24) is 15.3 Å². The summed E-state index contributed by atoms with van der Waals surface area (Å²) in [5.74, 6) is 1.46. The lowest BCUT2D eigenvalue weighted by Gasteiger charge is -2.10. The molecule has 25 heavy (non-hydrogen) atoms. The van der Waals surface area contributed by atoms with E-state index in [4.69, 9.17) is 16.0 Å². The lowest BCUT2D eigenvalue weighted by Crippen LogP contribution is -2.24. The highest BCUT2D eigenvalue weighted by atomic mass is 35.5. The number of hydrogen-bond donors (Lipinski definition) is 2. The fourth-order valence-electron chi connectivity index (χ4n) is 2.27. The van der Waals surface area contributed by atoms with Gasteiger partial charge in [-0.05, 0) is 30.7 Å². The Balaban J connectivity index is 1.67. The molecule has 0 atom stereocenters. The number of nitrogens with one attached hydrogen (secondary N) is 2. The maximum absolute atomic E-state index is 12.3. The van der Waals surface area contributed by atoms with Gasteiger partial charge in [0, 0.05) is 17.6 Å². The summed E-state index contributed by atoms with van der Waals surface area (Å²) < 4.78 is 5.19. The van der Waals surface area contributed by atoms with Crippen LogP contribution in [-0.4, -0.2) is 15.9 Å². The van der Waals surface area contributed by atoms with Crippen molar-refractivity contribution in [1.29, 1.82) is 0 Å². The number of aryl methyl sites for hydroxylation is 1. The highest BCUT2D eigenvalue weighted by Crippen LogP contribution is 2.16. The van der Waals surface area contributed by atoms with Crippen molar-refractivity contribution in [2.75, 3.05) is 5.32 Å². The Labute approximate surface area is 150 Å². The number of amides is 1. The lowest BCUT2D eigenvalue weighted by molar-refractivity contribution is 0.0942. The summed E-state index contributed by atoms with van der Waals surface area (Å²) in [5, 5.41) is 6.62. The summed E-state index contributed by atoms with van der Waals surface area (Å²) in [6.07, 6.45) is 1.56. The van der Waals surface area contributed by atoms with Gasteiger partial charge in [-0.15, -0.1) is 0 Å². The minimum atomic E-state index is -0.289. The van der Waals surface area contributed by atoms with Crippen LogP contribution in [0.3, 0.4) is 0 Å². The first-order chi connectivity index (χ1) is 12.1. The van der Waals surface area contributed by atoms with Crippen LogP contribution >= 0.6 is 11.6 Å². The molecule has 0 radical (unpaired) electrons. The van der Waals surface area contributed by atoms with Crippen LogP contribution in [0.1, 0.15) is 27.6 Å². The molecule has 128 valence electrons. The van der Waals surface area contributed by atoms with Crippen LogP contribution in [0.5, 0.6) is 0 Å². The Hall–Kier alpha value is -2.86. The Morgan fingerprint density at radius 3 is 2.76 bits per heavy atom. The number of carbonyl (C=O) groups excluding carboxylic acids is 1. The number of nitrogens with zero attached hydrogens (tertiary/aromatic N) is 2. The van der Waals surface area contributed by atoms with E-state index in [-0.39, 0.29) is 5.91 Å². The van der Waals surface area contributed by atoms with Gasteiger partial charge in [0.15, 0.2) is 0 Å². The van der Waals surface area contributed by atoms with Crippen LogP contribution in [0.15, 0.2) is 53.1 Å². The third-order valence-electron chi connectivity index (χ3n) is 3.49. The van der Waals surface area contributed by atoms with E-state index in [2.05, 4.69) is 20.6 Å². The zero-order valence-corrected chi connectivity index (χ0v) is 14.4. The highest BCUT2D eigenvalue weighted by molar-refractivity contribution is 6.31. The smallest absolute Gasteiger partial charge is 0.270 e. The van der Waals surface area contributed by atoms with Crippen molar-refractivity contribution in [3.8, 4) is 0 Å². The van der Waals surface area contributed by atoms with E-state index in [1.54, 1.807) is 31.4 Å². The van der Waals surface area contributed by atoms with E-state index in [0.29, 0.717) is 41.2 Å². The van der Waals surface area contributed by atoms with Crippen molar-refractivity contribution in [2.45, 2.75) is 20.0 Å². The first kappa shape index (κ1) is 17.0. The van der Waals surface area contributed by atoms with Gasteiger partial charge in [-0.25, -0.2) is 9.97 Å². The summed E-state index contributed by atoms with van der Waals surface area (Å²) in [4.78, 5) is 20.8. The van der Waals surface area contributed by atoms with Crippen LogP contribution in [0.2, 0.25) is 5.02 Å². The number of furan rings is 1. The summed E-state index contributed by atoms with van der Waals surface area (Å²) in [5.41, 5.74) is 1.24. The molecule has 3 rings (SSSR count). The maximum atomic E-state index is 12.3. The number of anilines is 1. The maximum Gasteiger partial charge on any atom is 0.270 e. The number of carbonyl (C=O) groups is 1. The fourth-order valence-corrected chi connectivity index (χ4v) is 2.48. The molecule has 1 amide bonds. The van der Waals surface area contributed by atoms with Gasteiger partial charge in [0.25, 0.3) is 5.91 Å². The molecular weight excluding hydrogens is 340 g/mol. The molecule has 6 nitrogen and oxygen atoms in total. The van der Waals surface area contributed by atoms with Gasteiger partial charge in [0.1, 0.15) is 23.1 Å². The normalized spacial score (nSPS) is 10.5. The third-order valence-corrected chi connectivity index (χ3v) is 3.86. The van der Waals surface area contributed by atoms with Gasteiger partial charge in [-0.2, -0.15) is 0 Å². The van der Waals surface area contributed by atoms with E-state index in [1.165, 1.54) is 0 Å². The molecule has 0 saturated heterocycles. The molecule has 2 aromatic heterocycles. The first-order valence-electron chi connectivity index (χ1n) is 7.75. The molecule has 0 saturated carbocycles. The van der Waals surface area contributed by atoms with Crippen molar-refractivity contribution in [2.24, 2.45) is 0 Å². The molecule has 0 aliphatic heterocycles. The zero-order valence-electron chi connectivity index (χ0n) is 13.6. The molecule has 7 heteroatoms. The molecule has 0 fully saturated rings. The SMILES string of the molecule is Cc1nc(NCc2ccccc2Cl)cc(C(=O)NCc2ccco2)n1. The van der Waals surface area contributed by atoms with Gasteiger partial charge in [0.2, 0.25) is 0 Å². The summed E-state index contributed by atoms with van der Waals surface area (Å²) in [7, 11) is 0. The molecule has 0 unspecified atom stereocenters. The van der Waals surface area contributed by atoms with E-state index in [9.17, 15) is 4.79 Å². The molecule has 2 N–H and O–H groups in total. The summed E-state index contributed by atoms with van der Waals surface area (Å²) >= 11 is 6.15. The Kier molecular flexibility index (Phi) is 5.30. The Morgan fingerprint density at radius 1 is 1.16 bits per heavy atom. The van der Waals surface area contributed by atoms with Crippen molar-refractivity contribution in [3.05, 3.63) is 76.6 Å². The second-order valence-corrected chi connectivity index (χ2v) is 5.80. The van der Waals surface area contributed by atoms with Crippen molar-refractivity contribution in [3.63, 3.8) is 0 Å². The van der Waals surface area contributed by atoms with Gasteiger partial charge >= 0.3 is 0 Å². The second-order valence-electron chi connectivity index (χ2n) is 5.39. The highest BCUT2D eigenvalue weighted by Gasteiger charge is 2.11. The minimum Gasteiger partial charge on any atom is -0.467 e. The van der Waals surface area contributed by atoms with E-state index in [0.717, 1.165) is 5.56 Å². The predicted octanol–water partition coefficient (Wildman–Crippen LogP) is 3.57. The second kappa shape index (κ2) is 7.81. The van der Waals surface area contributed by atoms with Crippen LogP contribution in [-0.2, 0) is 13.1 Å². The molecule has 0 aliphatic carbocycles. The van der Waals surface area contributed by atoms with Gasteiger partial charge in [-0.1, -0.05) is 29.8 Å². The molecule has 0 bridgehead atoms. The average molecular weight is 357 g/mol. The van der Waals surface area contributed by atoms with Crippen LogP contribution in [0.4, 0.5) is 5.82 Å². The zero-order chi connectivity index (χ0) is 17.6. The first-order valence-corrected chi connectivity index (χ1v) is 8.13. The van der Waals surface area contributed by atoms with Crippen LogP contribution < -0.4 is 10.6 Å². The summed E-state index contributed by atoms with van der Waals surface area (Å²) in [6, 6.07) is 12.7. The van der Waals surface area contributed by atoms with Crippen LogP contribution in [0.25, 0.3) is 0 Å². The number of aromatic nitrogens is 2. The molecule has 1 aromatic carbocycles. The van der Waals surface area contributed by atoms with Gasteiger partial charge < -0.3 is 15.1 Å². The number of rotatable bonds is 6. The topological polar surface area (TPSA) is 80.0 Å². The Bertz CT molecular complexity index is 865. The fraction of sp³-hybridized carbons (Fsp3) is 0.167. The van der Waals surface area contributed by atoms with Gasteiger partial charge in [-0.3, -0.25) is 4.79 Å². The Morgan fingerprint density at radius 2 is 2.00 bits per heavy atom. The monoisotopic (exact) mass is 356 g/mol. The minimum absolute atomic E-state index is 0.289. The molecular formula is C18H17ClN4O2. The number of halogens is 1. The molecule has 3 aromatic rings. The molecule has 2 heterocycles. The van der Waals surface area contributed by atoms with Crippen molar-refractivity contribution < 1.29 is 9.21 Å².